The fraction of sp³-hybridized carbons (Fsp3) is 0.316. The monoisotopic (exact) mass is 420 g/mol. The Labute approximate surface area is 160 Å². The number of rotatable bonds is 5. The van der Waals surface area contributed by atoms with E-state index in [2.05, 4.69) is 42.0 Å². The summed E-state index contributed by atoms with van der Waals surface area (Å²) in [4.78, 5) is 22.8. The molecule has 2 aromatic carbocycles. The molecule has 0 aliphatic heterocycles. The van der Waals surface area contributed by atoms with Gasteiger partial charge in [0.25, 0.3) is 11.6 Å². The highest BCUT2D eigenvalue weighted by molar-refractivity contribution is 9.10. The highest BCUT2D eigenvalue weighted by atomic mass is 79.9. The molecule has 0 aliphatic rings. The van der Waals surface area contributed by atoms with Gasteiger partial charge in [0.1, 0.15) is 5.75 Å². The fourth-order valence-electron chi connectivity index (χ4n) is 2.50. The molecular weight excluding hydrogens is 400 g/mol. The number of ether oxygens (including phenoxy) is 1. The molecule has 1 N–H and O–H groups in total. The van der Waals surface area contributed by atoms with Gasteiger partial charge in [0.15, 0.2) is 6.61 Å². The normalized spacial score (nSPS) is 11.1. The second-order valence-electron chi connectivity index (χ2n) is 6.93. The first-order valence-electron chi connectivity index (χ1n) is 8.06. The van der Waals surface area contributed by atoms with Crippen LogP contribution in [0.1, 0.15) is 31.9 Å². The summed E-state index contributed by atoms with van der Waals surface area (Å²) in [7, 11) is 0. The van der Waals surface area contributed by atoms with Gasteiger partial charge >= 0.3 is 0 Å². The third-order valence-electron chi connectivity index (χ3n) is 3.88. The van der Waals surface area contributed by atoms with E-state index in [1.807, 2.05) is 18.2 Å². The summed E-state index contributed by atoms with van der Waals surface area (Å²) < 4.78 is 6.64. The smallest absolute Gasteiger partial charge is 0.274 e. The fourth-order valence-corrected chi connectivity index (χ4v) is 2.86. The number of hydrogen-bond donors (Lipinski definition) is 1. The Morgan fingerprint density at radius 2 is 1.96 bits per heavy atom. The number of carbonyl (C=O) groups is 1. The molecule has 0 radical (unpaired) electrons. The van der Waals surface area contributed by atoms with Gasteiger partial charge in [-0.3, -0.25) is 14.9 Å². The van der Waals surface area contributed by atoms with Gasteiger partial charge in [-0.15, -0.1) is 0 Å². The van der Waals surface area contributed by atoms with Crippen LogP contribution < -0.4 is 10.1 Å². The first kappa shape index (κ1) is 19.9. The van der Waals surface area contributed by atoms with E-state index in [0.717, 1.165) is 10.0 Å². The number of hydrogen-bond acceptors (Lipinski definition) is 4. The maximum atomic E-state index is 12.2. The Morgan fingerprint density at radius 3 is 2.58 bits per heavy atom. The van der Waals surface area contributed by atoms with Crippen molar-refractivity contribution in [1.29, 1.82) is 0 Å². The highest BCUT2D eigenvalue weighted by Crippen LogP contribution is 2.33. The van der Waals surface area contributed by atoms with Crippen molar-refractivity contribution in [3.05, 3.63) is 62.1 Å². The van der Waals surface area contributed by atoms with Crippen LogP contribution in [-0.4, -0.2) is 17.4 Å². The number of nitrogens with zero attached hydrogens (tertiary/aromatic N) is 1. The number of amides is 1. The molecule has 2 aromatic rings. The molecule has 0 spiro atoms. The zero-order valence-corrected chi connectivity index (χ0v) is 16.7. The average Bonchev–Trinajstić information content (AvgIpc) is 2.54. The maximum Gasteiger partial charge on any atom is 0.274 e. The van der Waals surface area contributed by atoms with E-state index < -0.39 is 4.92 Å². The van der Waals surface area contributed by atoms with Crippen molar-refractivity contribution in [3.8, 4) is 5.75 Å². The molecular formula is C19H21BrN2O4. The second kappa shape index (κ2) is 7.86. The zero-order chi connectivity index (χ0) is 19.5. The number of nitrogens with one attached hydrogen (secondary N) is 1. The first-order chi connectivity index (χ1) is 12.1. The van der Waals surface area contributed by atoms with Crippen LogP contribution in [0.4, 0.5) is 11.4 Å². The Bertz CT molecular complexity index is 844. The van der Waals surface area contributed by atoms with Gasteiger partial charge in [-0.1, -0.05) is 42.8 Å². The SMILES string of the molecule is Cc1c(NC(=O)COc2ccc(Br)cc2C(C)(C)C)cccc1[N+](=O)[O-]. The number of nitro benzene ring substituents is 1. The van der Waals surface area contributed by atoms with Crippen molar-refractivity contribution in [2.24, 2.45) is 0 Å². The largest absolute Gasteiger partial charge is 0.483 e. The molecule has 1 amide bonds. The molecule has 2 rings (SSSR count). The number of anilines is 1. The van der Waals surface area contributed by atoms with Gasteiger partial charge in [0, 0.05) is 16.1 Å². The molecule has 26 heavy (non-hydrogen) atoms. The first-order valence-corrected chi connectivity index (χ1v) is 8.85. The summed E-state index contributed by atoms with van der Waals surface area (Å²) >= 11 is 3.45. The van der Waals surface area contributed by atoms with Crippen LogP contribution in [0.5, 0.6) is 5.75 Å². The predicted octanol–water partition coefficient (Wildman–Crippen LogP) is 4.98. The van der Waals surface area contributed by atoms with Crippen LogP contribution in [-0.2, 0) is 10.2 Å². The van der Waals surface area contributed by atoms with Gasteiger partial charge in [-0.2, -0.15) is 0 Å². The van der Waals surface area contributed by atoms with E-state index in [1.54, 1.807) is 13.0 Å². The number of carbonyl (C=O) groups excluding carboxylic acids is 1. The minimum atomic E-state index is -0.473. The molecule has 0 bridgehead atoms. The van der Waals surface area contributed by atoms with Crippen molar-refractivity contribution >= 4 is 33.2 Å². The molecule has 0 heterocycles. The van der Waals surface area contributed by atoms with Crippen molar-refractivity contribution < 1.29 is 14.5 Å². The van der Waals surface area contributed by atoms with Gasteiger partial charge in [0.05, 0.1) is 16.2 Å². The lowest BCUT2D eigenvalue weighted by Crippen LogP contribution is -2.22. The lowest BCUT2D eigenvalue weighted by atomic mass is 9.86. The summed E-state index contributed by atoms with van der Waals surface area (Å²) in [5.74, 6) is 0.253. The predicted molar refractivity (Wildman–Crippen MR) is 105 cm³/mol. The maximum absolute atomic E-state index is 12.2. The lowest BCUT2D eigenvalue weighted by Gasteiger charge is -2.23. The molecule has 0 aromatic heterocycles. The second-order valence-corrected chi connectivity index (χ2v) is 7.85. The Balaban J connectivity index is 2.11. The molecule has 0 saturated heterocycles. The van der Waals surface area contributed by atoms with Crippen molar-refractivity contribution in [1.82, 2.24) is 0 Å². The number of halogens is 1. The Kier molecular flexibility index (Phi) is 6.02. The summed E-state index contributed by atoms with van der Waals surface area (Å²) in [6, 6.07) is 10.2. The van der Waals surface area contributed by atoms with Crippen LogP contribution >= 0.6 is 15.9 Å². The van der Waals surface area contributed by atoms with Crippen LogP contribution in [0.25, 0.3) is 0 Å². The Morgan fingerprint density at radius 1 is 1.27 bits per heavy atom. The third kappa shape index (κ3) is 4.82. The van der Waals surface area contributed by atoms with E-state index in [4.69, 9.17) is 4.74 Å². The topological polar surface area (TPSA) is 81.5 Å². The molecule has 0 saturated carbocycles. The van der Waals surface area contributed by atoms with E-state index in [1.165, 1.54) is 12.1 Å². The molecule has 138 valence electrons. The summed E-state index contributed by atoms with van der Waals surface area (Å²) in [5.41, 5.74) is 1.61. The van der Waals surface area contributed by atoms with Crippen LogP contribution in [0.15, 0.2) is 40.9 Å². The van der Waals surface area contributed by atoms with E-state index in [9.17, 15) is 14.9 Å². The minimum Gasteiger partial charge on any atom is -0.483 e. The van der Waals surface area contributed by atoms with E-state index in [-0.39, 0.29) is 23.6 Å². The summed E-state index contributed by atoms with van der Waals surface area (Å²) in [6.07, 6.45) is 0. The van der Waals surface area contributed by atoms with Crippen LogP contribution in [0, 0.1) is 17.0 Å². The van der Waals surface area contributed by atoms with Crippen molar-refractivity contribution in [3.63, 3.8) is 0 Å². The van der Waals surface area contributed by atoms with Gasteiger partial charge in [-0.05, 0) is 36.6 Å². The summed E-state index contributed by atoms with van der Waals surface area (Å²) in [5, 5.41) is 13.7. The third-order valence-corrected chi connectivity index (χ3v) is 4.38. The zero-order valence-electron chi connectivity index (χ0n) is 15.1. The van der Waals surface area contributed by atoms with Crippen LogP contribution in [0.2, 0.25) is 0 Å². The molecule has 7 heteroatoms. The average molecular weight is 421 g/mol. The van der Waals surface area contributed by atoms with Crippen molar-refractivity contribution in [2.75, 3.05) is 11.9 Å². The Hall–Kier alpha value is -2.41. The number of benzene rings is 2. The highest BCUT2D eigenvalue weighted by Gasteiger charge is 2.20. The molecule has 6 nitrogen and oxygen atoms in total. The van der Waals surface area contributed by atoms with E-state index >= 15 is 0 Å². The number of nitro groups is 1. The minimum absolute atomic E-state index is 0.0355. The molecule has 0 aliphatic carbocycles. The molecule has 0 unspecified atom stereocenters. The summed E-state index contributed by atoms with van der Waals surface area (Å²) in [6.45, 7) is 7.60. The molecule has 0 atom stereocenters. The van der Waals surface area contributed by atoms with E-state index in [0.29, 0.717) is 17.0 Å². The van der Waals surface area contributed by atoms with Gasteiger partial charge in [-0.25, -0.2) is 0 Å². The lowest BCUT2D eigenvalue weighted by molar-refractivity contribution is -0.385. The standard InChI is InChI=1S/C19H21BrN2O4/c1-12-15(6-5-7-16(12)22(24)25)21-18(23)11-26-17-9-8-13(20)10-14(17)19(2,3)4/h5-10H,11H2,1-4H3,(H,21,23). The van der Waals surface area contributed by atoms with Crippen LogP contribution in [0.3, 0.4) is 0 Å². The quantitative estimate of drug-likeness (QED) is 0.545. The van der Waals surface area contributed by atoms with Gasteiger partial charge < -0.3 is 10.1 Å². The van der Waals surface area contributed by atoms with Crippen molar-refractivity contribution in [2.45, 2.75) is 33.1 Å². The molecule has 0 fully saturated rings. The van der Waals surface area contributed by atoms with Gasteiger partial charge in [0.2, 0.25) is 0 Å².